The number of rotatable bonds is 1. The zero-order chi connectivity index (χ0) is 12.6. The SMILES string of the molecule is C=CC(=O)N1CCN(C(C)(C)C)CC1(C)C. The first-order chi connectivity index (χ1) is 7.18. The van der Waals surface area contributed by atoms with Gasteiger partial charge in [0.05, 0.1) is 5.54 Å². The summed E-state index contributed by atoms with van der Waals surface area (Å²) in [6.07, 6.45) is 1.41. The molecule has 0 unspecified atom stereocenters. The van der Waals surface area contributed by atoms with Gasteiger partial charge >= 0.3 is 0 Å². The maximum atomic E-state index is 11.7. The number of hydrogen-bond donors (Lipinski definition) is 0. The maximum absolute atomic E-state index is 11.7. The highest BCUT2D eigenvalue weighted by atomic mass is 16.2. The largest absolute Gasteiger partial charge is 0.331 e. The molecule has 1 saturated heterocycles. The van der Waals surface area contributed by atoms with Gasteiger partial charge in [0.25, 0.3) is 0 Å². The van der Waals surface area contributed by atoms with Gasteiger partial charge in [-0.25, -0.2) is 0 Å². The van der Waals surface area contributed by atoms with Crippen LogP contribution in [0.3, 0.4) is 0 Å². The molecule has 1 rings (SSSR count). The molecule has 3 heteroatoms. The minimum Gasteiger partial charge on any atom is -0.331 e. The summed E-state index contributed by atoms with van der Waals surface area (Å²) in [5.74, 6) is 0.0403. The van der Waals surface area contributed by atoms with E-state index >= 15 is 0 Å². The van der Waals surface area contributed by atoms with Crippen LogP contribution in [-0.4, -0.2) is 46.4 Å². The van der Waals surface area contributed by atoms with Crippen molar-refractivity contribution in [3.8, 4) is 0 Å². The average molecular weight is 224 g/mol. The third-order valence-electron chi connectivity index (χ3n) is 3.29. The van der Waals surface area contributed by atoms with E-state index in [0.29, 0.717) is 0 Å². The van der Waals surface area contributed by atoms with Crippen LogP contribution < -0.4 is 0 Å². The van der Waals surface area contributed by atoms with Crippen molar-refractivity contribution in [1.82, 2.24) is 9.80 Å². The second-order valence-corrected chi connectivity index (χ2v) is 6.10. The molecule has 0 aromatic rings. The smallest absolute Gasteiger partial charge is 0.246 e. The Kier molecular flexibility index (Phi) is 3.48. The van der Waals surface area contributed by atoms with Gasteiger partial charge in [0, 0.05) is 25.2 Å². The van der Waals surface area contributed by atoms with Gasteiger partial charge in [-0.15, -0.1) is 0 Å². The predicted octanol–water partition coefficient (Wildman–Crippen LogP) is 1.89. The van der Waals surface area contributed by atoms with Crippen LogP contribution in [0.5, 0.6) is 0 Å². The zero-order valence-electron chi connectivity index (χ0n) is 11.2. The molecule has 92 valence electrons. The Balaban J connectivity index is 2.81. The first-order valence-electron chi connectivity index (χ1n) is 5.87. The summed E-state index contributed by atoms with van der Waals surface area (Å²) in [7, 11) is 0. The molecule has 0 aromatic heterocycles. The van der Waals surface area contributed by atoms with Crippen molar-refractivity contribution < 1.29 is 4.79 Å². The van der Waals surface area contributed by atoms with Crippen LogP contribution >= 0.6 is 0 Å². The van der Waals surface area contributed by atoms with Crippen molar-refractivity contribution in [1.29, 1.82) is 0 Å². The first kappa shape index (κ1) is 13.2. The highest BCUT2D eigenvalue weighted by molar-refractivity contribution is 5.87. The molecular formula is C13H24N2O. The van der Waals surface area contributed by atoms with E-state index in [9.17, 15) is 4.79 Å². The molecule has 0 N–H and O–H groups in total. The fourth-order valence-electron chi connectivity index (χ4n) is 2.25. The van der Waals surface area contributed by atoms with Crippen LogP contribution in [0, 0.1) is 0 Å². The first-order valence-corrected chi connectivity index (χ1v) is 5.87. The number of piperazine rings is 1. The number of carbonyl (C=O) groups is 1. The molecule has 1 fully saturated rings. The van der Waals surface area contributed by atoms with E-state index in [1.54, 1.807) is 0 Å². The Morgan fingerprint density at radius 3 is 2.25 bits per heavy atom. The van der Waals surface area contributed by atoms with Crippen LogP contribution in [0.2, 0.25) is 0 Å². The molecule has 0 saturated carbocycles. The topological polar surface area (TPSA) is 23.6 Å². The summed E-state index contributed by atoms with van der Waals surface area (Å²) in [5.41, 5.74) is 0.0530. The fraction of sp³-hybridized carbons (Fsp3) is 0.769. The van der Waals surface area contributed by atoms with E-state index in [2.05, 4.69) is 46.1 Å². The third-order valence-corrected chi connectivity index (χ3v) is 3.29. The average Bonchev–Trinajstić information content (AvgIpc) is 2.13. The molecule has 0 atom stereocenters. The van der Waals surface area contributed by atoms with Gasteiger partial charge in [-0.2, -0.15) is 0 Å². The van der Waals surface area contributed by atoms with Crippen LogP contribution in [0.1, 0.15) is 34.6 Å². The molecule has 0 spiro atoms. The lowest BCUT2D eigenvalue weighted by atomic mass is 9.94. The molecule has 0 aliphatic carbocycles. The third kappa shape index (κ3) is 2.64. The second-order valence-electron chi connectivity index (χ2n) is 6.10. The highest BCUT2D eigenvalue weighted by Gasteiger charge is 2.38. The minimum atomic E-state index is -0.114. The molecule has 0 radical (unpaired) electrons. The van der Waals surface area contributed by atoms with Gasteiger partial charge in [-0.05, 0) is 40.7 Å². The molecular weight excluding hydrogens is 200 g/mol. The van der Waals surface area contributed by atoms with Crippen molar-refractivity contribution in [3.05, 3.63) is 12.7 Å². The van der Waals surface area contributed by atoms with E-state index in [0.717, 1.165) is 19.6 Å². The Hall–Kier alpha value is -0.830. The van der Waals surface area contributed by atoms with Crippen molar-refractivity contribution in [2.75, 3.05) is 19.6 Å². The molecule has 16 heavy (non-hydrogen) atoms. The van der Waals surface area contributed by atoms with E-state index in [1.165, 1.54) is 6.08 Å². The Bertz CT molecular complexity index is 289. The number of amides is 1. The summed E-state index contributed by atoms with van der Waals surface area (Å²) in [5, 5.41) is 0. The normalized spacial score (nSPS) is 21.9. The quantitative estimate of drug-likeness (QED) is 0.635. The number of nitrogens with zero attached hydrogens (tertiary/aromatic N) is 2. The van der Waals surface area contributed by atoms with E-state index in [4.69, 9.17) is 0 Å². The molecule has 1 amide bonds. The van der Waals surface area contributed by atoms with E-state index in [1.807, 2.05) is 4.90 Å². The summed E-state index contributed by atoms with van der Waals surface area (Å²) < 4.78 is 0. The van der Waals surface area contributed by atoms with Crippen molar-refractivity contribution in [2.24, 2.45) is 0 Å². The van der Waals surface area contributed by atoms with Crippen LogP contribution in [0.15, 0.2) is 12.7 Å². The zero-order valence-corrected chi connectivity index (χ0v) is 11.2. The van der Waals surface area contributed by atoms with Crippen molar-refractivity contribution in [3.63, 3.8) is 0 Å². The number of hydrogen-bond acceptors (Lipinski definition) is 2. The lowest BCUT2D eigenvalue weighted by Gasteiger charge is -2.51. The summed E-state index contributed by atoms with van der Waals surface area (Å²) in [6.45, 7) is 17.1. The van der Waals surface area contributed by atoms with Gasteiger partial charge in [-0.1, -0.05) is 6.58 Å². The predicted molar refractivity (Wildman–Crippen MR) is 67.3 cm³/mol. The van der Waals surface area contributed by atoms with Crippen molar-refractivity contribution >= 4 is 5.91 Å². The minimum absolute atomic E-state index is 0.0403. The standard InChI is InChI=1S/C13H24N2O/c1-7-11(16)15-9-8-14(12(2,3)4)10-13(15,5)6/h7H,1,8-10H2,2-6H3. The Morgan fingerprint density at radius 1 is 1.31 bits per heavy atom. The summed E-state index contributed by atoms with van der Waals surface area (Å²) in [6, 6.07) is 0. The van der Waals surface area contributed by atoms with Gasteiger partial charge in [0.15, 0.2) is 0 Å². The molecule has 1 aliphatic rings. The second kappa shape index (κ2) is 4.21. The molecule has 1 aliphatic heterocycles. The van der Waals surface area contributed by atoms with Gasteiger partial charge < -0.3 is 4.90 Å². The van der Waals surface area contributed by atoms with Gasteiger partial charge in [0.1, 0.15) is 0 Å². The van der Waals surface area contributed by atoms with E-state index in [-0.39, 0.29) is 17.0 Å². The molecule has 1 heterocycles. The summed E-state index contributed by atoms with van der Waals surface area (Å²) in [4.78, 5) is 16.1. The monoisotopic (exact) mass is 224 g/mol. The Labute approximate surface area is 99.1 Å². The van der Waals surface area contributed by atoms with Gasteiger partial charge in [-0.3, -0.25) is 9.69 Å². The molecule has 3 nitrogen and oxygen atoms in total. The molecule has 0 aromatic carbocycles. The highest BCUT2D eigenvalue weighted by Crippen LogP contribution is 2.26. The van der Waals surface area contributed by atoms with Gasteiger partial charge in [0.2, 0.25) is 5.91 Å². The lowest BCUT2D eigenvalue weighted by Crippen LogP contribution is -2.64. The number of carbonyl (C=O) groups excluding carboxylic acids is 1. The molecule has 0 bridgehead atoms. The van der Waals surface area contributed by atoms with Crippen LogP contribution in [0.25, 0.3) is 0 Å². The maximum Gasteiger partial charge on any atom is 0.246 e. The van der Waals surface area contributed by atoms with E-state index < -0.39 is 0 Å². The van der Waals surface area contributed by atoms with Crippen LogP contribution in [-0.2, 0) is 4.79 Å². The Morgan fingerprint density at radius 2 is 1.88 bits per heavy atom. The summed E-state index contributed by atoms with van der Waals surface area (Å²) >= 11 is 0. The van der Waals surface area contributed by atoms with Crippen LogP contribution in [0.4, 0.5) is 0 Å². The van der Waals surface area contributed by atoms with Crippen molar-refractivity contribution in [2.45, 2.75) is 45.7 Å². The lowest BCUT2D eigenvalue weighted by molar-refractivity contribution is -0.136. The fourth-order valence-corrected chi connectivity index (χ4v) is 2.25.